The van der Waals surface area contributed by atoms with Crippen molar-refractivity contribution in [2.24, 2.45) is 0 Å². The second-order valence-electron chi connectivity index (χ2n) is 8.95. The van der Waals surface area contributed by atoms with Crippen molar-refractivity contribution < 1.29 is 24.2 Å². The molecule has 0 aliphatic carbocycles. The lowest BCUT2D eigenvalue weighted by Gasteiger charge is -2.23. The number of hydrogen-bond donors (Lipinski definition) is 1. The molecular formula is C31H23N3O5S. The highest BCUT2D eigenvalue weighted by Gasteiger charge is 2.48. The van der Waals surface area contributed by atoms with Gasteiger partial charge >= 0.3 is 5.91 Å². The topological polar surface area (TPSA) is 102 Å². The van der Waals surface area contributed by atoms with Gasteiger partial charge in [-0.15, -0.1) is 0 Å². The van der Waals surface area contributed by atoms with Crippen LogP contribution in [0.5, 0.6) is 17.2 Å². The molecule has 5 aromatic rings. The molecule has 1 aliphatic rings. The molecule has 1 aliphatic heterocycles. The summed E-state index contributed by atoms with van der Waals surface area (Å²) in [4.78, 5) is 37.1. The van der Waals surface area contributed by atoms with E-state index in [0.29, 0.717) is 45.6 Å². The molecule has 0 saturated carbocycles. The van der Waals surface area contributed by atoms with Gasteiger partial charge in [0.15, 0.2) is 5.13 Å². The van der Waals surface area contributed by atoms with Gasteiger partial charge in [0, 0.05) is 18.0 Å². The van der Waals surface area contributed by atoms with Crippen molar-refractivity contribution in [2.75, 3.05) is 11.5 Å². The van der Waals surface area contributed by atoms with Gasteiger partial charge in [-0.3, -0.25) is 19.5 Å². The molecule has 3 heterocycles. The molecule has 1 fully saturated rings. The summed E-state index contributed by atoms with van der Waals surface area (Å²) in [5.74, 6) is -0.0257. The van der Waals surface area contributed by atoms with Gasteiger partial charge in [0.1, 0.15) is 23.0 Å². The van der Waals surface area contributed by atoms with Crippen LogP contribution in [0.4, 0.5) is 5.13 Å². The summed E-state index contributed by atoms with van der Waals surface area (Å²) in [6.07, 6.45) is 3.02. The predicted molar refractivity (Wildman–Crippen MR) is 153 cm³/mol. The zero-order valence-electron chi connectivity index (χ0n) is 21.4. The monoisotopic (exact) mass is 549 g/mol. The standard InChI is InChI=1S/C31H23N3O5S/c1-2-38-22-11-12-24-25(18-22)40-31(33-24)34-27(20-7-6-10-23(17-20)39-21-8-4-3-5-9-21)26(29(36)30(34)37)28(35)19-13-15-32-16-14-19/h3-18,27,35H,2H2,1H3/b28-26+. The number of Topliss-reactive ketones (excluding diaryl/α,β-unsaturated/α-hetero) is 1. The van der Waals surface area contributed by atoms with E-state index in [9.17, 15) is 14.7 Å². The number of pyridine rings is 1. The molecule has 0 bridgehead atoms. The lowest BCUT2D eigenvalue weighted by Crippen LogP contribution is -2.29. The number of hydrogen-bond acceptors (Lipinski definition) is 8. The quantitative estimate of drug-likeness (QED) is 0.140. The Hall–Kier alpha value is -5.02. The summed E-state index contributed by atoms with van der Waals surface area (Å²) in [7, 11) is 0. The van der Waals surface area contributed by atoms with Crippen molar-refractivity contribution in [1.29, 1.82) is 0 Å². The van der Waals surface area contributed by atoms with Crippen LogP contribution in [0.15, 0.2) is 103 Å². The summed E-state index contributed by atoms with van der Waals surface area (Å²) in [6, 6.07) is 24.1. The highest BCUT2D eigenvalue weighted by molar-refractivity contribution is 7.22. The number of rotatable bonds is 7. The molecule has 3 aromatic carbocycles. The third-order valence-electron chi connectivity index (χ3n) is 6.42. The Morgan fingerprint density at radius 2 is 1.70 bits per heavy atom. The first kappa shape index (κ1) is 25.3. The molecule has 198 valence electrons. The normalized spacial score (nSPS) is 16.4. The van der Waals surface area contributed by atoms with Gasteiger partial charge in [-0.25, -0.2) is 4.98 Å². The molecule has 1 saturated heterocycles. The fraction of sp³-hybridized carbons (Fsp3) is 0.0968. The highest BCUT2D eigenvalue weighted by atomic mass is 32.1. The summed E-state index contributed by atoms with van der Waals surface area (Å²) in [5.41, 5.74) is 1.58. The lowest BCUT2D eigenvalue weighted by atomic mass is 9.95. The van der Waals surface area contributed by atoms with Gasteiger partial charge in [-0.2, -0.15) is 0 Å². The molecule has 9 heteroatoms. The Bertz CT molecular complexity index is 1750. The van der Waals surface area contributed by atoms with E-state index in [1.54, 1.807) is 36.4 Å². The fourth-order valence-corrected chi connectivity index (χ4v) is 5.66. The van der Waals surface area contributed by atoms with Crippen molar-refractivity contribution in [3.05, 3.63) is 114 Å². The van der Waals surface area contributed by atoms with Crippen LogP contribution in [-0.2, 0) is 9.59 Å². The van der Waals surface area contributed by atoms with Crippen molar-refractivity contribution in [1.82, 2.24) is 9.97 Å². The van der Waals surface area contributed by atoms with Crippen LogP contribution in [0.3, 0.4) is 0 Å². The molecule has 2 aromatic heterocycles. The van der Waals surface area contributed by atoms with Crippen LogP contribution < -0.4 is 14.4 Å². The van der Waals surface area contributed by atoms with E-state index in [1.165, 1.54) is 28.6 Å². The summed E-state index contributed by atoms with van der Waals surface area (Å²) in [5, 5.41) is 11.7. The van der Waals surface area contributed by atoms with Gasteiger partial charge in [0.05, 0.1) is 28.4 Å². The Kier molecular flexibility index (Phi) is 6.71. The Labute approximate surface area is 233 Å². The summed E-state index contributed by atoms with van der Waals surface area (Å²) in [6.45, 7) is 2.42. The average Bonchev–Trinajstić information content (AvgIpc) is 3.51. The van der Waals surface area contributed by atoms with Crippen LogP contribution in [0.1, 0.15) is 24.1 Å². The van der Waals surface area contributed by atoms with Crippen LogP contribution in [-0.4, -0.2) is 33.4 Å². The number of aromatic nitrogens is 2. The van der Waals surface area contributed by atoms with Gasteiger partial charge < -0.3 is 14.6 Å². The molecule has 1 amide bonds. The number of aliphatic hydroxyl groups excluding tert-OH is 1. The molecule has 40 heavy (non-hydrogen) atoms. The van der Waals surface area contributed by atoms with Crippen molar-refractivity contribution >= 4 is 44.1 Å². The number of carbonyl (C=O) groups excluding carboxylic acids is 2. The number of ketones is 1. The summed E-state index contributed by atoms with van der Waals surface area (Å²) < 4.78 is 12.5. The number of aliphatic hydroxyl groups is 1. The first-order valence-corrected chi connectivity index (χ1v) is 13.4. The molecule has 1 unspecified atom stereocenters. The van der Waals surface area contributed by atoms with Crippen LogP contribution in [0.2, 0.25) is 0 Å². The molecular weight excluding hydrogens is 526 g/mol. The second-order valence-corrected chi connectivity index (χ2v) is 9.96. The number of fused-ring (bicyclic) bond motifs is 1. The average molecular weight is 550 g/mol. The first-order chi connectivity index (χ1) is 19.5. The third kappa shape index (κ3) is 4.67. The first-order valence-electron chi connectivity index (χ1n) is 12.6. The van der Waals surface area contributed by atoms with Crippen molar-refractivity contribution in [2.45, 2.75) is 13.0 Å². The maximum atomic E-state index is 13.6. The largest absolute Gasteiger partial charge is 0.507 e. The number of carbonyl (C=O) groups is 2. The third-order valence-corrected chi connectivity index (χ3v) is 7.43. The number of nitrogens with zero attached hydrogens (tertiary/aromatic N) is 3. The van der Waals surface area contributed by atoms with E-state index in [4.69, 9.17) is 9.47 Å². The zero-order valence-corrected chi connectivity index (χ0v) is 22.2. The predicted octanol–water partition coefficient (Wildman–Crippen LogP) is 6.51. The van der Waals surface area contributed by atoms with E-state index in [0.717, 1.165) is 4.70 Å². The van der Waals surface area contributed by atoms with Gasteiger partial charge in [0.25, 0.3) is 5.78 Å². The van der Waals surface area contributed by atoms with Crippen LogP contribution in [0.25, 0.3) is 16.0 Å². The van der Waals surface area contributed by atoms with Crippen molar-refractivity contribution in [3.63, 3.8) is 0 Å². The summed E-state index contributed by atoms with van der Waals surface area (Å²) >= 11 is 1.27. The number of amides is 1. The van der Waals surface area contributed by atoms with Gasteiger partial charge in [0.2, 0.25) is 0 Å². The Balaban J connectivity index is 1.50. The number of anilines is 1. The van der Waals surface area contributed by atoms with Gasteiger partial charge in [-0.1, -0.05) is 41.7 Å². The minimum absolute atomic E-state index is 0.0395. The maximum Gasteiger partial charge on any atom is 0.301 e. The van der Waals surface area contributed by atoms with E-state index >= 15 is 0 Å². The number of thiazole rings is 1. The lowest BCUT2D eigenvalue weighted by molar-refractivity contribution is -0.132. The molecule has 8 nitrogen and oxygen atoms in total. The van der Waals surface area contributed by atoms with E-state index in [-0.39, 0.29) is 11.3 Å². The zero-order chi connectivity index (χ0) is 27.6. The number of ether oxygens (including phenoxy) is 2. The van der Waals surface area contributed by atoms with Crippen LogP contribution in [0, 0.1) is 0 Å². The van der Waals surface area contributed by atoms with Gasteiger partial charge in [-0.05, 0) is 67.1 Å². The Morgan fingerprint density at radius 3 is 2.48 bits per heavy atom. The molecule has 1 atom stereocenters. The highest BCUT2D eigenvalue weighted by Crippen LogP contribution is 2.45. The molecule has 0 radical (unpaired) electrons. The van der Waals surface area contributed by atoms with Crippen LogP contribution >= 0.6 is 11.3 Å². The number of para-hydroxylation sites is 1. The minimum Gasteiger partial charge on any atom is -0.507 e. The Morgan fingerprint density at radius 1 is 0.925 bits per heavy atom. The molecule has 0 spiro atoms. The second kappa shape index (κ2) is 10.6. The molecule has 1 N–H and O–H groups in total. The number of benzene rings is 3. The smallest absolute Gasteiger partial charge is 0.301 e. The fourth-order valence-electron chi connectivity index (χ4n) is 4.64. The van der Waals surface area contributed by atoms with E-state index in [1.807, 2.05) is 55.5 Å². The van der Waals surface area contributed by atoms with E-state index < -0.39 is 17.7 Å². The maximum absolute atomic E-state index is 13.6. The SMILES string of the molecule is CCOc1ccc2nc(N3C(=O)C(=O)/C(=C(/O)c4ccncc4)C3c3cccc(Oc4ccccc4)c3)sc2c1. The molecule has 6 rings (SSSR count). The minimum atomic E-state index is -0.945. The van der Waals surface area contributed by atoms with E-state index in [2.05, 4.69) is 9.97 Å². The van der Waals surface area contributed by atoms with Crippen molar-refractivity contribution in [3.8, 4) is 17.2 Å².